The second-order valence-electron chi connectivity index (χ2n) is 7.19. The fourth-order valence-corrected chi connectivity index (χ4v) is 4.25. The zero-order chi connectivity index (χ0) is 22.3. The molecule has 0 aliphatic rings. The number of nitrogens with zero attached hydrogens (tertiary/aromatic N) is 2. The van der Waals surface area contributed by atoms with Crippen LogP contribution in [0.2, 0.25) is 0 Å². The molecule has 32 heavy (non-hydrogen) atoms. The number of amides is 2. The molecule has 1 aromatic heterocycles. The second kappa shape index (κ2) is 10.0. The van der Waals surface area contributed by atoms with Crippen LogP contribution >= 0.6 is 11.3 Å². The molecule has 1 heterocycles. The summed E-state index contributed by atoms with van der Waals surface area (Å²) in [6, 6.07) is 24.9. The van der Waals surface area contributed by atoms with Gasteiger partial charge in [0, 0.05) is 24.0 Å². The van der Waals surface area contributed by atoms with Crippen molar-refractivity contribution in [3.63, 3.8) is 0 Å². The van der Waals surface area contributed by atoms with E-state index in [1.807, 2.05) is 85.8 Å². The molecule has 3 aromatic carbocycles. The first-order valence-corrected chi connectivity index (χ1v) is 11.2. The number of anilines is 2. The highest BCUT2D eigenvalue weighted by molar-refractivity contribution is 7.19. The molecular weight excluding hydrogens is 418 g/mol. The van der Waals surface area contributed by atoms with E-state index in [-0.39, 0.29) is 11.8 Å². The Hall–Kier alpha value is -3.77. The van der Waals surface area contributed by atoms with E-state index in [2.05, 4.69) is 10.3 Å². The number of benzene rings is 3. The number of rotatable bonds is 7. The number of hydrogen-bond donors (Lipinski definition) is 1. The molecule has 0 unspecified atom stereocenters. The summed E-state index contributed by atoms with van der Waals surface area (Å²) in [7, 11) is 0. The van der Waals surface area contributed by atoms with E-state index in [0.717, 1.165) is 26.5 Å². The fourth-order valence-electron chi connectivity index (χ4n) is 3.38. The molecule has 0 saturated carbocycles. The van der Waals surface area contributed by atoms with E-state index < -0.39 is 0 Å². The summed E-state index contributed by atoms with van der Waals surface area (Å²) >= 11 is 1.54. The van der Waals surface area contributed by atoms with Gasteiger partial charge in [-0.2, -0.15) is 0 Å². The van der Waals surface area contributed by atoms with Crippen molar-refractivity contribution in [2.24, 2.45) is 0 Å². The van der Waals surface area contributed by atoms with Gasteiger partial charge < -0.3 is 10.2 Å². The Morgan fingerprint density at radius 1 is 0.969 bits per heavy atom. The van der Waals surface area contributed by atoms with Gasteiger partial charge in [0.1, 0.15) is 5.01 Å². The van der Waals surface area contributed by atoms with Crippen LogP contribution in [0.5, 0.6) is 0 Å². The van der Waals surface area contributed by atoms with Gasteiger partial charge in [-0.25, -0.2) is 4.98 Å². The number of thiazole rings is 1. The smallest absolute Gasteiger partial charge is 0.248 e. The van der Waals surface area contributed by atoms with Crippen molar-refractivity contribution >= 4 is 50.8 Å². The average molecular weight is 442 g/mol. The quantitative estimate of drug-likeness (QED) is 0.383. The Kier molecular flexibility index (Phi) is 6.72. The molecule has 4 rings (SSSR count). The standard InChI is InChI=1S/C26H23N3O2S/c1-2-29(21-8-4-3-5-9-21)26(31)18-19-12-14-20(15-13-19)27-24(30)16-17-25-28-22-10-6-7-11-23(22)32-25/h3-17H,2,18H2,1H3,(H,27,30)/b17-16+. The zero-order valence-corrected chi connectivity index (χ0v) is 18.5. The number of fused-ring (bicyclic) bond motifs is 1. The number of para-hydroxylation sites is 2. The van der Waals surface area contributed by atoms with Gasteiger partial charge in [0.15, 0.2) is 0 Å². The molecule has 0 fully saturated rings. The molecule has 5 nitrogen and oxygen atoms in total. The Balaban J connectivity index is 1.34. The van der Waals surface area contributed by atoms with Crippen LogP contribution in [0.3, 0.4) is 0 Å². The van der Waals surface area contributed by atoms with Crippen molar-refractivity contribution in [2.45, 2.75) is 13.3 Å². The first-order chi connectivity index (χ1) is 15.6. The minimum absolute atomic E-state index is 0.0363. The lowest BCUT2D eigenvalue weighted by Crippen LogP contribution is -2.31. The predicted molar refractivity (Wildman–Crippen MR) is 132 cm³/mol. The van der Waals surface area contributed by atoms with E-state index in [9.17, 15) is 9.59 Å². The van der Waals surface area contributed by atoms with E-state index in [0.29, 0.717) is 18.7 Å². The van der Waals surface area contributed by atoms with Crippen molar-refractivity contribution in [1.82, 2.24) is 4.98 Å². The third kappa shape index (κ3) is 5.28. The van der Waals surface area contributed by atoms with Crippen LogP contribution in [0.1, 0.15) is 17.5 Å². The van der Waals surface area contributed by atoms with Gasteiger partial charge >= 0.3 is 0 Å². The Bertz CT molecular complexity index is 1210. The van der Waals surface area contributed by atoms with Gasteiger partial charge in [0.05, 0.1) is 16.6 Å². The Morgan fingerprint density at radius 2 is 1.69 bits per heavy atom. The van der Waals surface area contributed by atoms with Crippen LogP contribution in [-0.2, 0) is 16.0 Å². The lowest BCUT2D eigenvalue weighted by Gasteiger charge is -2.21. The summed E-state index contributed by atoms with van der Waals surface area (Å²) in [6.07, 6.45) is 3.50. The molecule has 0 aliphatic heterocycles. The molecule has 160 valence electrons. The van der Waals surface area contributed by atoms with E-state index in [1.165, 1.54) is 6.08 Å². The van der Waals surface area contributed by atoms with Crippen LogP contribution in [0, 0.1) is 0 Å². The summed E-state index contributed by atoms with van der Waals surface area (Å²) in [5, 5.41) is 3.63. The topological polar surface area (TPSA) is 62.3 Å². The van der Waals surface area contributed by atoms with Gasteiger partial charge in [-0.1, -0.05) is 42.5 Å². The van der Waals surface area contributed by atoms with E-state index in [4.69, 9.17) is 0 Å². The number of likely N-dealkylation sites (N-methyl/N-ethyl adjacent to an activating group) is 1. The predicted octanol–water partition coefficient (Wildman–Crippen LogP) is 5.54. The van der Waals surface area contributed by atoms with Gasteiger partial charge in [-0.3, -0.25) is 9.59 Å². The Labute approximate surface area is 191 Å². The summed E-state index contributed by atoms with van der Waals surface area (Å²) in [6.45, 7) is 2.57. The van der Waals surface area contributed by atoms with Gasteiger partial charge in [-0.15, -0.1) is 11.3 Å². The maximum absolute atomic E-state index is 12.7. The molecule has 6 heteroatoms. The summed E-state index contributed by atoms with van der Waals surface area (Å²) in [5.41, 5.74) is 3.39. The highest BCUT2D eigenvalue weighted by atomic mass is 32.1. The number of carbonyl (C=O) groups excluding carboxylic acids is 2. The SMILES string of the molecule is CCN(C(=O)Cc1ccc(NC(=O)/C=C/c2nc3ccccc3s2)cc1)c1ccccc1. The second-order valence-corrected chi connectivity index (χ2v) is 8.25. The van der Waals surface area contributed by atoms with Crippen molar-refractivity contribution in [2.75, 3.05) is 16.8 Å². The minimum Gasteiger partial charge on any atom is -0.323 e. The maximum atomic E-state index is 12.7. The maximum Gasteiger partial charge on any atom is 0.248 e. The van der Waals surface area contributed by atoms with E-state index >= 15 is 0 Å². The number of nitrogens with one attached hydrogen (secondary N) is 1. The number of carbonyl (C=O) groups is 2. The van der Waals surface area contributed by atoms with Crippen LogP contribution in [0.4, 0.5) is 11.4 Å². The monoisotopic (exact) mass is 441 g/mol. The largest absolute Gasteiger partial charge is 0.323 e. The first kappa shape index (κ1) is 21.5. The lowest BCUT2D eigenvalue weighted by molar-refractivity contribution is -0.118. The Morgan fingerprint density at radius 3 is 2.41 bits per heavy atom. The van der Waals surface area contributed by atoms with E-state index in [1.54, 1.807) is 22.3 Å². The third-order valence-electron chi connectivity index (χ3n) is 4.95. The van der Waals surface area contributed by atoms with Gasteiger partial charge in [0.25, 0.3) is 0 Å². The van der Waals surface area contributed by atoms with Gasteiger partial charge in [0.2, 0.25) is 11.8 Å². The van der Waals surface area contributed by atoms with Crippen molar-refractivity contribution in [3.8, 4) is 0 Å². The van der Waals surface area contributed by atoms with Gasteiger partial charge in [-0.05, 0) is 55.0 Å². The lowest BCUT2D eigenvalue weighted by atomic mass is 10.1. The summed E-state index contributed by atoms with van der Waals surface area (Å²) < 4.78 is 1.09. The fraction of sp³-hybridized carbons (Fsp3) is 0.115. The van der Waals surface area contributed by atoms with Crippen LogP contribution < -0.4 is 10.2 Å². The zero-order valence-electron chi connectivity index (χ0n) is 17.7. The normalized spacial score (nSPS) is 11.0. The molecule has 0 atom stereocenters. The minimum atomic E-state index is -0.227. The highest BCUT2D eigenvalue weighted by Gasteiger charge is 2.14. The highest BCUT2D eigenvalue weighted by Crippen LogP contribution is 2.22. The molecule has 1 N–H and O–H groups in total. The third-order valence-corrected chi connectivity index (χ3v) is 5.95. The molecular formula is C26H23N3O2S. The first-order valence-electron chi connectivity index (χ1n) is 10.4. The molecule has 0 bridgehead atoms. The number of aromatic nitrogens is 1. The molecule has 4 aromatic rings. The average Bonchev–Trinajstić information content (AvgIpc) is 3.23. The van der Waals surface area contributed by atoms with Crippen molar-refractivity contribution in [3.05, 3.63) is 95.5 Å². The van der Waals surface area contributed by atoms with Crippen LogP contribution in [-0.4, -0.2) is 23.3 Å². The van der Waals surface area contributed by atoms with Crippen LogP contribution in [0.25, 0.3) is 16.3 Å². The molecule has 0 spiro atoms. The molecule has 0 aliphatic carbocycles. The molecule has 2 amide bonds. The van der Waals surface area contributed by atoms with Crippen molar-refractivity contribution in [1.29, 1.82) is 0 Å². The summed E-state index contributed by atoms with van der Waals surface area (Å²) in [4.78, 5) is 31.3. The molecule has 0 saturated heterocycles. The number of hydrogen-bond acceptors (Lipinski definition) is 4. The van der Waals surface area contributed by atoms with Crippen molar-refractivity contribution < 1.29 is 9.59 Å². The summed E-state index contributed by atoms with van der Waals surface area (Å²) in [5.74, 6) is -0.191. The molecule has 0 radical (unpaired) electrons. The van der Waals surface area contributed by atoms with Crippen LogP contribution in [0.15, 0.2) is 84.9 Å².